The van der Waals surface area contributed by atoms with Crippen LogP contribution in [0.15, 0.2) is 21.5 Å². The number of nitrogens with one attached hydrogen (secondary N) is 1. The SMILES string of the molecule is O=S(=O)(NC1CC1)c1c(Cl)cc(Br)cc1Cl. The molecule has 0 aromatic heterocycles. The van der Waals surface area contributed by atoms with Gasteiger partial charge in [0, 0.05) is 10.5 Å². The molecule has 1 fully saturated rings. The first-order valence-electron chi connectivity index (χ1n) is 4.57. The van der Waals surface area contributed by atoms with Crippen molar-refractivity contribution < 1.29 is 8.42 Å². The Kier molecular flexibility index (Phi) is 3.52. The van der Waals surface area contributed by atoms with Crippen molar-refractivity contribution in [2.75, 3.05) is 0 Å². The number of rotatable bonds is 3. The zero-order valence-electron chi connectivity index (χ0n) is 8.00. The van der Waals surface area contributed by atoms with Crippen molar-refractivity contribution in [1.82, 2.24) is 4.72 Å². The molecule has 16 heavy (non-hydrogen) atoms. The molecule has 1 aliphatic carbocycles. The van der Waals surface area contributed by atoms with Gasteiger partial charge in [-0.3, -0.25) is 0 Å². The van der Waals surface area contributed by atoms with Crippen molar-refractivity contribution in [3.8, 4) is 0 Å². The van der Waals surface area contributed by atoms with Crippen LogP contribution in [0.25, 0.3) is 0 Å². The van der Waals surface area contributed by atoms with Gasteiger partial charge in [0.1, 0.15) is 4.90 Å². The summed E-state index contributed by atoms with van der Waals surface area (Å²) >= 11 is 15.0. The molecule has 0 saturated heterocycles. The summed E-state index contributed by atoms with van der Waals surface area (Å²) in [4.78, 5) is -0.0501. The van der Waals surface area contributed by atoms with Crippen molar-refractivity contribution in [2.24, 2.45) is 0 Å². The van der Waals surface area contributed by atoms with Gasteiger partial charge in [0.05, 0.1) is 10.0 Å². The Morgan fingerprint density at radius 3 is 2.19 bits per heavy atom. The lowest BCUT2D eigenvalue weighted by Crippen LogP contribution is -2.26. The molecule has 1 aliphatic rings. The molecule has 0 radical (unpaired) electrons. The van der Waals surface area contributed by atoms with Crippen LogP contribution in [0.2, 0.25) is 10.0 Å². The molecule has 1 aromatic carbocycles. The van der Waals surface area contributed by atoms with E-state index in [1.807, 2.05) is 0 Å². The molecule has 0 amide bonds. The first kappa shape index (κ1) is 12.6. The summed E-state index contributed by atoms with van der Waals surface area (Å²) in [6, 6.07) is 3.05. The monoisotopic (exact) mass is 343 g/mol. The van der Waals surface area contributed by atoms with Gasteiger partial charge in [-0.2, -0.15) is 0 Å². The third kappa shape index (κ3) is 2.71. The molecule has 0 spiro atoms. The highest BCUT2D eigenvalue weighted by Gasteiger charge is 2.30. The Bertz CT molecular complexity index is 505. The molecule has 1 saturated carbocycles. The summed E-state index contributed by atoms with van der Waals surface area (Å²) < 4.78 is 27.1. The van der Waals surface area contributed by atoms with Crippen molar-refractivity contribution >= 4 is 49.2 Å². The Morgan fingerprint density at radius 1 is 1.25 bits per heavy atom. The summed E-state index contributed by atoms with van der Waals surface area (Å²) in [5.74, 6) is 0. The van der Waals surface area contributed by atoms with Crippen LogP contribution in [0.5, 0.6) is 0 Å². The molecule has 0 unspecified atom stereocenters. The third-order valence-corrected chi connectivity index (χ3v) is 5.03. The first-order chi connectivity index (χ1) is 7.40. The van der Waals surface area contributed by atoms with E-state index in [0.29, 0.717) is 4.47 Å². The van der Waals surface area contributed by atoms with Crippen molar-refractivity contribution in [3.63, 3.8) is 0 Å². The normalized spacial score (nSPS) is 16.4. The second kappa shape index (κ2) is 4.46. The summed E-state index contributed by atoms with van der Waals surface area (Å²) in [5.41, 5.74) is 0. The van der Waals surface area contributed by atoms with Crippen LogP contribution in [-0.2, 0) is 10.0 Å². The number of hydrogen-bond acceptors (Lipinski definition) is 2. The molecule has 0 atom stereocenters. The Balaban J connectivity index is 2.46. The second-order valence-corrected chi connectivity index (χ2v) is 6.98. The van der Waals surface area contributed by atoms with Crippen LogP contribution < -0.4 is 4.72 Å². The maximum absolute atomic E-state index is 11.9. The third-order valence-electron chi connectivity index (χ3n) is 2.13. The minimum Gasteiger partial charge on any atom is -0.208 e. The van der Waals surface area contributed by atoms with E-state index in [0.717, 1.165) is 12.8 Å². The topological polar surface area (TPSA) is 46.2 Å². The van der Waals surface area contributed by atoms with E-state index >= 15 is 0 Å². The molecule has 2 rings (SSSR count). The molecule has 0 heterocycles. The van der Waals surface area contributed by atoms with Gasteiger partial charge in [-0.15, -0.1) is 0 Å². The van der Waals surface area contributed by atoms with Crippen LogP contribution in [-0.4, -0.2) is 14.5 Å². The standard InChI is InChI=1S/C9H8BrCl2NO2S/c10-5-3-7(11)9(8(12)4-5)16(14,15)13-6-1-2-6/h3-4,6,13H,1-2H2. The van der Waals surface area contributed by atoms with Gasteiger partial charge >= 0.3 is 0 Å². The molecule has 1 N–H and O–H groups in total. The highest BCUT2D eigenvalue weighted by molar-refractivity contribution is 9.10. The quantitative estimate of drug-likeness (QED) is 0.915. The molecular formula is C9H8BrCl2NO2S. The molecule has 3 nitrogen and oxygen atoms in total. The highest BCUT2D eigenvalue weighted by atomic mass is 79.9. The Hall–Kier alpha value is 0.190. The fraction of sp³-hybridized carbons (Fsp3) is 0.333. The van der Waals surface area contributed by atoms with Crippen LogP contribution in [0, 0.1) is 0 Å². The summed E-state index contributed by atoms with van der Waals surface area (Å²) in [7, 11) is -3.61. The van der Waals surface area contributed by atoms with E-state index in [4.69, 9.17) is 23.2 Å². The second-order valence-electron chi connectivity index (χ2n) is 3.59. The zero-order chi connectivity index (χ0) is 11.9. The smallest absolute Gasteiger partial charge is 0.208 e. The van der Waals surface area contributed by atoms with Crippen molar-refractivity contribution in [1.29, 1.82) is 0 Å². The lowest BCUT2D eigenvalue weighted by Gasteiger charge is -2.09. The van der Waals surface area contributed by atoms with Gasteiger partial charge in [0.15, 0.2) is 0 Å². The number of benzene rings is 1. The van der Waals surface area contributed by atoms with Gasteiger partial charge in [-0.05, 0) is 25.0 Å². The van der Waals surface area contributed by atoms with E-state index in [1.165, 1.54) is 12.1 Å². The van der Waals surface area contributed by atoms with Gasteiger partial charge in [0.25, 0.3) is 0 Å². The molecule has 7 heteroatoms. The van der Waals surface area contributed by atoms with E-state index in [9.17, 15) is 8.42 Å². The van der Waals surface area contributed by atoms with E-state index in [2.05, 4.69) is 20.7 Å². The predicted octanol–water partition coefficient (Wildman–Crippen LogP) is 3.20. The minimum atomic E-state index is -3.61. The predicted molar refractivity (Wildman–Crippen MR) is 67.5 cm³/mol. The van der Waals surface area contributed by atoms with Gasteiger partial charge in [0.2, 0.25) is 10.0 Å². The summed E-state index contributed by atoms with van der Waals surface area (Å²) in [5, 5.41) is 0.236. The molecule has 0 bridgehead atoms. The minimum absolute atomic E-state index is 0.0285. The summed E-state index contributed by atoms with van der Waals surface area (Å²) in [6.07, 6.45) is 1.73. The Labute approximate surface area is 112 Å². The number of hydrogen-bond donors (Lipinski definition) is 1. The fourth-order valence-corrected chi connectivity index (χ4v) is 4.51. The maximum atomic E-state index is 11.9. The number of sulfonamides is 1. The molecule has 0 aliphatic heterocycles. The van der Waals surface area contributed by atoms with Gasteiger partial charge < -0.3 is 0 Å². The van der Waals surface area contributed by atoms with Crippen LogP contribution in [0.4, 0.5) is 0 Å². The van der Waals surface area contributed by atoms with E-state index in [-0.39, 0.29) is 21.0 Å². The van der Waals surface area contributed by atoms with Crippen molar-refractivity contribution in [2.45, 2.75) is 23.8 Å². The lowest BCUT2D eigenvalue weighted by atomic mass is 10.4. The van der Waals surface area contributed by atoms with E-state index < -0.39 is 10.0 Å². The van der Waals surface area contributed by atoms with E-state index in [1.54, 1.807) is 0 Å². The first-order valence-corrected chi connectivity index (χ1v) is 7.60. The molecule has 88 valence electrons. The highest BCUT2D eigenvalue weighted by Crippen LogP contribution is 2.34. The molecular weight excluding hydrogens is 337 g/mol. The lowest BCUT2D eigenvalue weighted by molar-refractivity contribution is 0.581. The van der Waals surface area contributed by atoms with Gasteiger partial charge in [-0.25, -0.2) is 13.1 Å². The van der Waals surface area contributed by atoms with Crippen LogP contribution in [0.1, 0.15) is 12.8 Å². The average Bonchev–Trinajstić information content (AvgIpc) is 2.83. The average molecular weight is 345 g/mol. The molecule has 1 aromatic rings. The largest absolute Gasteiger partial charge is 0.243 e. The number of halogens is 3. The zero-order valence-corrected chi connectivity index (χ0v) is 11.9. The Morgan fingerprint density at radius 2 is 1.75 bits per heavy atom. The summed E-state index contributed by atoms with van der Waals surface area (Å²) in [6.45, 7) is 0. The van der Waals surface area contributed by atoms with Crippen molar-refractivity contribution in [3.05, 3.63) is 26.7 Å². The van der Waals surface area contributed by atoms with Crippen LogP contribution in [0.3, 0.4) is 0 Å². The van der Waals surface area contributed by atoms with Crippen LogP contribution >= 0.6 is 39.1 Å². The fourth-order valence-electron chi connectivity index (χ4n) is 1.27. The maximum Gasteiger partial charge on any atom is 0.243 e. The van der Waals surface area contributed by atoms with Gasteiger partial charge in [-0.1, -0.05) is 39.1 Å².